The Morgan fingerprint density at radius 2 is 0.565 bits per heavy atom. The molecule has 0 radical (unpaired) electrons. The second-order valence-electron chi connectivity index (χ2n) is 34.1. The van der Waals surface area contributed by atoms with Crippen LogP contribution in [0.25, 0.3) is 0 Å². The van der Waals surface area contributed by atoms with Crippen LogP contribution in [0.5, 0.6) is 0 Å². The summed E-state index contributed by atoms with van der Waals surface area (Å²) in [4.78, 5) is 13.7. The molecule has 0 saturated heterocycles. The van der Waals surface area contributed by atoms with E-state index in [1.165, 1.54) is 309 Å². The lowest BCUT2D eigenvalue weighted by atomic mass is 9.29. The number of anilines is 17. The highest BCUT2D eigenvalue weighted by atomic mass is 15.2. The molecule has 21 rings (SSSR count). The molecule has 0 amide bonds. The highest BCUT2D eigenvalue weighted by Gasteiger charge is 2.52. The second-order valence-corrected chi connectivity index (χ2v) is 34.1. The summed E-state index contributed by atoms with van der Waals surface area (Å²) in [5, 5.41) is 4.42. The molecule has 0 aromatic heterocycles. The van der Waals surface area contributed by atoms with Gasteiger partial charge in [0.15, 0.2) is 0 Å². The Balaban J connectivity index is 0.902. The first-order valence-electron chi connectivity index (χ1n) is 41.0. The Morgan fingerprint density at radius 3 is 0.963 bits per heavy atom. The number of rotatable bonds is 8. The average molecular weight is 1400 g/mol. The summed E-state index contributed by atoms with van der Waals surface area (Å²) in [5.74, 6) is 1.41. The quantitative estimate of drug-likeness (QED) is 0.153. The van der Waals surface area contributed by atoms with Gasteiger partial charge < -0.3 is 29.8 Å². The van der Waals surface area contributed by atoms with Gasteiger partial charge in [-0.2, -0.15) is 0 Å². The van der Waals surface area contributed by atoms with Crippen LogP contribution < -0.4 is 79.0 Å². The molecule has 9 heteroatoms. The second kappa shape index (κ2) is 25.4. The van der Waals surface area contributed by atoms with Crippen LogP contribution in [0.3, 0.4) is 0 Å². The lowest BCUT2D eigenvalue weighted by molar-refractivity contribution is 0.444. The Hall–Kier alpha value is -10.4. The first-order chi connectivity index (χ1) is 52.8. The fourth-order valence-corrected chi connectivity index (χ4v) is 22.9. The zero-order valence-electron chi connectivity index (χ0n) is 64.4. The van der Waals surface area contributed by atoms with Crippen LogP contribution in [0.15, 0.2) is 206 Å². The number of nitrogens with one attached hydrogen (secondary N) is 1. The third-order valence-corrected chi connectivity index (χ3v) is 27.0. The van der Waals surface area contributed by atoms with E-state index in [9.17, 15) is 0 Å². The van der Waals surface area contributed by atoms with Crippen LogP contribution in [-0.2, 0) is 0 Å². The molecule has 12 aromatic rings. The molecule has 3 saturated carbocycles. The lowest BCUT2D eigenvalue weighted by Crippen LogP contribution is -2.66. The standard InChI is InChI=1S/C99H95B3N6/c1-59-43-62(4)97(63(5)44-59)106-86-57-82-78(100-76-39-25-27-41-84(76)104(74-35-21-13-22-36-74)89-50-71(49-83(103-82)94(89)100)68-29-15-10-16-30-68)55-79(86)102-81-56-80-87(58-88(81)108(99-66(8)47-61(3)48-67(99)9)93-54-73(53-92(106)96(93)102)70-33-19-12-20-34-70)107(98-64(6)45-60(2)46-65(98)7)91-52-72(69-31-17-11-18-32-69)51-90-95(91)101(80)77-40-26-28-42-85(77)105(90)75-37-23-14-24-38-75/h13-14,21-28,35-58,68-70,103H,10-12,15-20,29-34H2,1-9H3. The first kappa shape index (κ1) is 65.9. The molecule has 0 bridgehead atoms. The number of hydrogen-bond acceptors (Lipinski definition) is 6. The van der Waals surface area contributed by atoms with E-state index in [4.69, 9.17) is 0 Å². The predicted octanol–water partition coefficient (Wildman–Crippen LogP) is 21.1. The van der Waals surface area contributed by atoms with E-state index in [1.807, 2.05) is 0 Å². The van der Waals surface area contributed by atoms with Crippen LogP contribution in [0.1, 0.15) is 181 Å². The van der Waals surface area contributed by atoms with Crippen LogP contribution in [-0.4, -0.2) is 20.1 Å². The normalized spacial score (nSPS) is 16.8. The largest absolute Gasteiger partial charge is 0.356 e. The van der Waals surface area contributed by atoms with Gasteiger partial charge in [-0.3, -0.25) is 0 Å². The number of para-hydroxylation sites is 4. The van der Waals surface area contributed by atoms with E-state index in [0.717, 1.165) is 0 Å². The van der Waals surface area contributed by atoms with Crippen LogP contribution in [0.2, 0.25) is 0 Å². The fraction of sp³-hybridized carbons (Fsp3) is 0.273. The van der Waals surface area contributed by atoms with E-state index in [-0.39, 0.29) is 20.1 Å². The Bertz CT molecular complexity index is 5670. The van der Waals surface area contributed by atoms with Crippen molar-refractivity contribution in [2.75, 3.05) is 29.8 Å². The van der Waals surface area contributed by atoms with E-state index < -0.39 is 0 Å². The third-order valence-electron chi connectivity index (χ3n) is 27.0. The summed E-state index contributed by atoms with van der Waals surface area (Å²) in [6, 6.07) is 83.3. The van der Waals surface area contributed by atoms with Gasteiger partial charge in [-0.15, -0.1) is 0 Å². The zero-order valence-corrected chi connectivity index (χ0v) is 64.4. The van der Waals surface area contributed by atoms with Crippen LogP contribution in [0.4, 0.5) is 96.7 Å². The van der Waals surface area contributed by atoms with Gasteiger partial charge in [0.2, 0.25) is 0 Å². The first-order valence-corrected chi connectivity index (χ1v) is 41.0. The van der Waals surface area contributed by atoms with E-state index in [2.05, 4.69) is 298 Å². The molecule has 6 aliphatic heterocycles. The van der Waals surface area contributed by atoms with Crippen molar-refractivity contribution in [3.8, 4) is 0 Å². The van der Waals surface area contributed by atoms with Gasteiger partial charge in [-0.25, -0.2) is 0 Å². The minimum Gasteiger partial charge on any atom is -0.356 e. The molecular weight excluding hydrogens is 1310 g/mol. The molecule has 108 heavy (non-hydrogen) atoms. The van der Waals surface area contributed by atoms with Gasteiger partial charge in [-0.1, -0.05) is 196 Å². The summed E-state index contributed by atoms with van der Waals surface area (Å²) in [6.07, 6.45) is 18.8. The van der Waals surface area contributed by atoms with Crippen molar-refractivity contribution in [1.82, 2.24) is 0 Å². The average Bonchev–Trinajstić information content (AvgIpc) is 0.678. The minimum atomic E-state index is -0.180. The highest BCUT2D eigenvalue weighted by molar-refractivity contribution is 7.04. The van der Waals surface area contributed by atoms with Gasteiger partial charge in [0.1, 0.15) is 0 Å². The zero-order chi connectivity index (χ0) is 72.6. The van der Waals surface area contributed by atoms with Gasteiger partial charge in [-0.05, 0) is 303 Å². The number of fused-ring (bicyclic) bond motifs is 12. The van der Waals surface area contributed by atoms with Crippen molar-refractivity contribution in [3.63, 3.8) is 0 Å². The maximum Gasteiger partial charge on any atom is 0.252 e. The SMILES string of the molecule is Cc1cc(C)c(N2c3cc4c(cc3B3c5ccccc5N(c5ccccc5)c5cc(C6CCCCC6)cc2c53)B2c3cc5c(cc3N(c3c(C)cc(C)cc3C)c3cc(C6CCCCC6)cc(c32)N4c2c(C)cc(C)cc2C)Nc2cc(C3CCCCC3)cc3c2B5c2ccccc2N3c2ccccc2)c(C)c1. The van der Waals surface area contributed by atoms with Gasteiger partial charge in [0.05, 0.1) is 17.1 Å². The molecule has 3 fully saturated rings. The molecule has 12 aromatic carbocycles. The van der Waals surface area contributed by atoms with Gasteiger partial charge in [0.25, 0.3) is 20.1 Å². The lowest BCUT2D eigenvalue weighted by Gasteiger charge is -2.49. The van der Waals surface area contributed by atoms with Crippen LogP contribution in [0, 0.1) is 62.3 Å². The molecule has 1 N–H and O–H groups in total. The molecule has 530 valence electrons. The van der Waals surface area contributed by atoms with Crippen molar-refractivity contribution in [1.29, 1.82) is 0 Å². The Labute approximate surface area is 641 Å². The van der Waals surface area contributed by atoms with Crippen LogP contribution >= 0.6 is 0 Å². The summed E-state index contributed by atoms with van der Waals surface area (Å²) >= 11 is 0. The van der Waals surface area contributed by atoms with Crippen molar-refractivity contribution in [3.05, 3.63) is 273 Å². The smallest absolute Gasteiger partial charge is 0.252 e. The molecule has 0 atom stereocenters. The summed E-state index contributed by atoms with van der Waals surface area (Å²) in [6.45, 7) is 20.9. The number of hydrogen-bond donors (Lipinski definition) is 1. The summed E-state index contributed by atoms with van der Waals surface area (Å²) < 4.78 is 0. The third kappa shape index (κ3) is 10.1. The minimum absolute atomic E-state index is 0.0471. The van der Waals surface area contributed by atoms with E-state index in [1.54, 1.807) is 0 Å². The Kier molecular flexibility index (Phi) is 15.5. The molecule has 9 aliphatic rings. The molecule has 3 aliphatic carbocycles. The number of nitrogens with zero attached hydrogens (tertiary/aromatic N) is 5. The van der Waals surface area contributed by atoms with E-state index in [0.29, 0.717) is 17.8 Å². The molecular formula is C99H95B3N6. The molecule has 6 nitrogen and oxygen atoms in total. The van der Waals surface area contributed by atoms with Crippen molar-refractivity contribution < 1.29 is 0 Å². The maximum atomic E-state index is 4.42. The topological polar surface area (TPSA) is 28.2 Å². The maximum absolute atomic E-state index is 4.42. The summed E-state index contributed by atoms with van der Waals surface area (Å²) in [5.41, 5.74) is 49.9. The number of benzene rings is 12. The van der Waals surface area contributed by atoms with Gasteiger partial charge in [0, 0.05) is 79.6 Å². The fourth-order valence-electron chi connectivity index (χ4n) is 22.9. The molecule has 0 unspecified atom stereocenters. The predicted molar refractivity (Wildman–Crippen MR) is 464 cm³/mol. The summed E-state index contributed by atoms with van der Waals surface area (Å²) in [7, 11) is 0. The highest BCUT2D eigenvalue weighted by Crippen LogP contribution is 2.55. The van der Waals surface area contributed by atoms with Crippen molar-refractivity contribution >= 4 is 166 Å². The van der Waals surface area contributed by atoms with E-state index >= 15 is 0 Å². The molecule has 6 heterocycles. The molecule has 0 spiro atoms. The van der Waals surface area contributed by atoms with Crippen molar-refractivity contribution in [2.24, 2.45) is 0 Å². The Morgan fingerprint density at radius 1 is 0.250 bits per heavy atom. The van der Waals surface area contributed by atoms with Crippen molar-refractivity contribution in [2.45, 2.75) is 176 Å². The van der Waals surface area contributed by atoms with Gasteiger partial charge >= 0.3 is 0 Å². The number of aryl methyl sites for hydroxylation is 9. The monoisotopic (exact) mass is 1400 g/mol.